The van der Waals surface area contributed by atoms with Crippen LogP contribution in [0.5, 0.6) is 11.5 Å². The van der Waals surface area contributed by atoms with Crippen LogP contribution in [0.25, 0.3) is 0 Å². The first-order valence-electron chi connectivity index (χ1n) is 6.59. The molecular formula is C17H18O3. The number of aryl methyl sites for hydroxylation is 1. The van der Waals surface area contributed by atoms with Gasteiger partial charge >= 0.3 is 0 Å². The average Bonchev–Trinajstić information content (AvgIpc) is 2.45. The number of rotatable bonds is 6. The number of benzene rings is 2. The Hall–Kier alpha value is -2.29. The fourth-order valence-electron chi connectivity index (χ4n) is 1.90. The van der Waals surface area contributed by atoms with E-state index in [0.29, 0.717) is 24.5 Å². The summed E-state index contributed by atoms with van der Waals surface area (Å²) in [6.07, 6.45) is 0. The van der Waals surface area contributed by atoms with E-state index in [1.165, 1.54) is 6.92 Å². The van der Waals surface area contributed by atoms with Gasteiger partial charge in [-0.1, -0.05) is 30.3 Å². The summed E-state index contributed by atoms with van der Waals surface area (Å²) in [5.74, 6) is 1.46. The van der Waals surface area contributed by atoms with E-state index in [9.17, 15) is 4.79 Å². The van der Waals surface area contributed by atoms with Crippen molar-refractivity contribution in [2.75, 3.05) is 13.2 Å². The molecular weight excluding hydrogens is 252 g/mol. The molecule has 0 heterocycles. The van der Waals surface area contributed by atoms with E-state index in [-0.39, 0.29) is 5.78 Å². The summed E-state index contributed by atoms with van der Waals surface area (Å²) >= 11 is 0. The summed E-state index contributed by atoms with van der Waals surface area (Å²) in [4.78, 5) is 11.5. The lowest BCUT2D eigenvalue weighted by atomic mass is 10.1. The first kappa shape index (κ1) is 14.1. The molecule has 3 nitrogen and oxygen atoms in total. The summed E-state index contributed by atoms with van der Waals surface area (Å²) in [7, 11) is 0. The number of Topliss-reactive ketones (excluding diaryl/α,β-unsaturated/α-hetero) is 1. The van der Waals surface area contributed by atoms with Crippen molar-refractivity contribution in [2.45, 2.75) is 13.8 Å². The number of para-hydroxylation sites is 2. The molecule has 0 atom stereocenters. The van der Waals surface area contributed by atoms with Gasteiger partial charge in [0.2, 0.25) is 0 Å². The number of ketones is 1. The van der Waals surface area contributed by atoms with Crippen LogP contribution in [-0.4, -0.2) is 19.0 Å². The summed E-state index contributed by atoms with van der Waals surface area (Å²) in [5, 5.41) is 0. The maximum absolute atomic E-state index is 11.5. The maximum Gasteiger partial charge on any atom is 0.163 e. The zero-order chi connectivity index (χ0) is 14.4. The van der Waals surface area contributed by atoms with Gasteiger partial charge in [-0.2, -0.15) is 0 Å². The molecule has 0 aliphatic rings. The molecule has 0 aromatic heterocycles. The number of ether oxygens (including phenoxy) is 2. The largest absolute Gasteiger partial charge is 0.490 e. The van der Waals surface area contributed by atoms with Crippen LogP contribution < -0.4 is 9.47 Å². The average molecular weight is 270 g/mol. The molecule has 0 saturated heterocycles. The van der Waals surface area contributed by atoms with Crippen LogP contribution in [0.3, 0.4) is 0 Å². The van der Waals surface area contributed by atoms with Gasteiger partial charge in [0, 0.05) is 0 Å². The van der Waals surface area contributed by atoms with E-state index in [1.54, 1.807) is 12.1 Å². The molecule has 0 fully saturated rings. The molecule has 104 valence electrons. The van der Waals surface area contributed by atoms with Gasteiger partial charge in [0.25, 0.3) is 0 Å². The summed E-state index contributed by atoms with van der Waals surface area (Å²) in [6, 6.07) is 15.1. The molecule has 2 rings (SSSR count). The standard InChI is InChI=1S/C17H18O3/c1-13-7-3-5-9-16(13)19-11-12-20-17-10-6-4-8-15(17)14(2)18/h3-10H,11-12H2,1-2H3. The number of hydrogen-bond donors (Lipinski definition) is 0. The molecule has 2 aromatic carbocycles. The maximum atomic E-state index is 11.5. The summed E-state index contributed by atoms with van der Waals surface area (Å²) < 4.78 is 11.3. The number of carbonyl (C=O) groups is 1. The minimum atomic E-state index is 0.000391. The van der Waals surface area contributed by atoms with Crippen molar-refractivity contribution in [3.8, 4) is 11.5 Å². The lowest BCUT2D eigenvalue weighted by Crippen LogP contribution is -2.11. The van der Waals surface area contributed by atoms with Gasteiger partial charge in [-0.25, -0.2) is 0 Å². The SMILES string of the molecule is CC(=O)c1ccccc1OCCOc1ccccc1C. The molecule has 0 unspecified atom stereocenters. The molecule has 0 saturated carbocycles. The molecule has 0 aliphatic carbocycles. The third-order valence-corrected chi connectivity index (χ3v) is 2.96. The van der Waals surface area contributed by atoms with Crippen LogP contribution in [-0.2, 0) is 0 Å². The molecule has 0 radical (unpaired) electrons. The molecule has 0 bridgehead atoms. The first-order valence-corrected chi connectivity index (χ1v) is 6.59. The molecule has 0 spiro atoms. The minimum Gasteiger partial charge on any atom is -0.490 e. The Morgan fingerprint density at radius 1 is 0.900 bits per heavy atom. The highest BCUT2D eigenvalue weighted by Crippen LogP contribution is 2.19. The van der Waals surface area contributed by atoms with Crippen molar-refractivity contribution >= 4 is 5.78 Å². The highest BCUT2D eigenvalue weighted by Gasteiger charge is 2.07. The van der Waals surface area contributed by atoms with E-state index in [0.717, 1.165) is 11.3 Å². The Labute approximate surface area is 119 Å². The normalized spacial score (nSPS) is 10.1. The van der Waals surface area contributed by atoms with Gasteiger partial charge in [0.1, 0.15) is 24.7 Å². The van der Waals surface area contributed by atoms with Gasteiger partial charge < -0.3 is 9.47 Å². The molecule has 0 amide bonds. The Balaban J connectivity index is 1.88. The zero-order valence-electron chi connectivity index (χ0n) is 11.8. The fraction of sp³-hybridized carbons (Fsp3) is 0.235. The predicted molar refractivity (Wildman–Crippen MR) is 78.6 cm³/mol. The quantitative estimate of drug-likeness (QED) is 0.593. The van der Waals surface area contributed by atoms with Gasteiger partial charge in [0.15, 0.2) is 5.78 Å². The number of carbonyl (C=O) groups excluding carboxylic acids is 1. The fourth-order valence-corrected chi connectivity index (χ4v) is 1.90. The molecule has 0 N–H and O–H groups in total. The first-order chi connectivity index (χ1) is 9.68. The Kier molecular flexibility index (Phi) is 4.77. The molecule has 20 heavy (non-hydrogen) atoms. The third kappa shape index (κ3) is 3.60. The smallest absolute Gasteiger partial charge is 0.163 e. The minimum absolute atomic E-state index is 0.000391. The van der Waals surface area contributed by atoms with E-state index in [2.05, 4.69) is 0 Å². The second kappa shape index (κ2) is 6.75. The van der Waals surface area contributed by atoms with Crippen LogP contribution in [0.1, 0.15) is 22.8 Å². The topological polar surface area (TPSA) is 35.5 Å². The van der Waals surface area contributed by atoms with Crippen molar-refractivity contribution in [3.63, 3.8) is 0 Å². The van der Waals surface area contributed by atoms with Crippen molar-refractivity contribution in [1.29, 1.82) is 0 Å². The van der Waals surface area contributed by atoms with Crippen LogP contribution in [0.2, 0.25) is 0 Å². The van der Waals surface area contributed by atoms with Gasteiger partial charge in [-0.3, -0.25) is 4.79 Å². The number of hydrogen-bond acceptors (Lipinski definition) is 3. The lowest BCUT2D eigenvalue weighted by molar-refractivity contribution is 0.101. The zero-order valence-corrected chi connectivity index (χ0v) is 11.8. The van der Waals surface area contributed by atoms with Crippen LogP contribution in [0, 0.1) is 6.92 Å². The lowest BCUT2D eigenvalue weighted by Gasteiger charge is -2.11. The second-order valence-electron chi connectivity index (χ2n) is 4.51. The Bertz CT molecular complexity index is 590. The summed E-state index contributed by atoms with van der Waals surface area (Å²) in [6.45, 7) is 4.38. The van der Waals surface area contributed by atoms with Crippen molar-refractivity contribution in [3.05, 3.63) is 59.7 Å². The van der Waals surface area contributed by atoms with E-state index < -0.39 is 0 Å². The Morgan fingerprint density at radius 3 is 2.10 bits per heavy atom. The second-order valence-corrected chi connectivity index (χ2v) is 4.51. The van der Waals surface area contributed by atoms with Crippen LogP contribution in [0.4, 0.5) is 0 Å². The van der Waals surface area contributed by atoms with Crippen molar-refractivity contribution in [1.82, 2.24) is 0 Å². The van der Waals surface area contributed by atoms with E-state index >= 15 is 0 Å². The molecule has 0 aliphatic heterocycles. The monoisotopic (exact) mass is 270 g/mol. The van der Waals surface area contributed by atoms with Crippen molar-refractivity contribution < 1.29 is 14.3 Å². The Morgan fingerprint density at radius 2 is 1.45 bits per heavy atom. The van der Waals surface area contributed by atoms with Gasteiger partial charge in [-0.15, -0.1) is 0 Å². The van der Waals surface area contributed by atoms with Gasteiger partial charge in [0.05, 0.1) is 5.56 Å². The van der Waals surface area contributed by atoms with Crippen LogP contribution in [0.15, 0.2) is 48.5 Å². The summed E-state index contributed by atoms with van der Waals surface area (Å²) in [5.41, 5.74) is 1.69. The molecule has 2 aromatic rings. The van der Waals surface area contributed by atoms with Crippen LogP contribution >= 0.6 is 0 Å². The van der Waals surface area contributed by atoms with E-state index in [4.69, 9.17) is 9.47 Å². The predicted octanol–water partition coefficient (Wildman–Crippen LogP) is 3.66. The third-order valence-electron chi connectivity index (χ3n) is 2.96. The van der Waals surface area contributed by atoms with Gasteiger partial charge in [-0.05, 0) is 37.6 Å². The highest BCUT2D eigenvalue weighted by molar-refractivity contribution is 5.96. The molecule has 3 heteroatoms. The van der Waals surface area contributed by atoms with E-state index in [1.807, 2.05) is 43.3 Å². The highest BCUT2D eigenvalue weighted by atomic mass is 16.5. The van der Waals surface area contributed by atoms with Crippen molar-refractivity contribution in [2.24, 2.45) is 0 Å².